The van der Waals surface area contributed by atoms with Crippen LogP contribution in [0.25, 0.3) is 0 Å². The van der Waals surface area contributed by atoms with Gasteiger partial charge in [-0.05, 0) is 25.9 Å². The molecule has 0 fully saturated rings. The smallest absolute Gasteiger partial charge is 0.214 e. The molecule has 0 spiro atoms. The van der Waals surface area contributed by atoms with Crippen LogP contribution in [0.4, 0.5) is 0 Å². The van der Waals surface area contributed by atoms with Crippen LogP contribution in [0.1, 0.15) is 26.7 Å². The van der Waals surface area contributed by atoms with E-state index in [1.54, 1.807) is 14.1 Å². The number of rotatable bonds is 8. The van der Waals surface area contributed by atoms with Gasteiger partial charge in [0.25, 0.3) is 0 Å². The van der Waals surface area contributed by atoms with E-state index in [1.165, 1.54) is 4.31 Å². The molecule has 4 nitrogen and oxygen atoms in total. The molecule has 0 aromatic heterocycles. The molecular weight excluding hydrogens is 212 g/mol. The third-order valence-corrected chi connectivity index (χ3v) is 4.11. The molecule has 0 N–H and O–H groups in total. The van der Waals surface area contributed by atoms with Gasteiger partial charge in [-0.15, -0.1) is 0 Å². The van der Waals surface area contributed by atoms with E-state index >= 15 is 0 Å². The minimum Gasteiger partial charge on any atom is -0.302 e. The van der Waals surface area contributed by atoms with Crippen LogP contribution < -0.4 is 0 Å². The molecule has 15 heavy (non-hydrogen) atoms. The van der Waals surface area contributed by atoms with Gasteiger partial charge in [0.15, 0.2) is 0 Å². The monoisotopic (exact) mass is 236 g/mol. The Kier molecular flexibility index (Phi) is 7.13. The van der Waals surface area contributed by atoms with Crippen molar-refractivity contribution in [3.05, 3.63) is 0 Å². The van der Waals surface area contributed by atoms with Crippen LogP contribution in [-0.4, -0.2) is 57.1 Å². The average molecular weight is 236 g/mol. The lowest BCUT2D eigenvalue weighted by molar-refractivity contribution is 0.289. The minimum absolute atomic E-state index is 0.222. The van der Waals surface area contributed by atoms with Crippen molar-refractivity contribution < 1.29 is 8.42 Å². The molecule has 0 saturated carbocycles. The van der Waals surface area contributed by atoms with Gasteiger partial charge >= 0.3 is 0 Å². The largest absolute Gasteiger partial charge is 0.302 e. The van der Waals surface area contributed by atoms with Crippen molar-refractivity contribution in [3.63, 3.8) is 0 Å². The third-order valence-electron chi connectivity index (χ3n) is 2.30. The first-order chi connectivity index (χ1) is 6.94. The van der Waals surface area contributed by atoms with E-state index in [9.17, 15) is 8.42 Å². The lowest BCUT2D eigenvalue weighted by Gasteiger charge is -2.21. The summed E-state index contributed by atoms with van der Waals surface area (Å²) in [5.74, 6) is 0.222. The molecule has 0 unspecified atom stereocenters. The van der Waals surface area contributed by atoms with Crippen molar-refractivity contribution in [2.45, 2.75) is 26.7 Å². The average Bonchev–Trinajstić information content (AvgIpc) is 2.15. The maximum Gasteiger partial charge on any atom is 0.214 e. The molecule has 0 radical (unpaired) electrons. The first-order valence-corrected chi connectivity index (χ1v) is 7.17. The molecule has 0 aromatic rings. The summed E-state index contributed by atoms with van der Waals surface area (Å²) in [6.45, 7) is 6.84. The molecule has 0 rings (SSSR count). The molecule has 0 aromatic carbocycles. The Morgan fingerprint density at radius 2 is 1.40 bits per heavy atom. The van der Waals surface area contributed by atoms with Gasteiger partial charge < -0.3 is 4.90 Å². The van der Waals surface area contributed by atoms with Gasteiger partial charge in [0.1, 0.15) is 0 Å². The molecular formula is C10H24N2O2S. The second kappa shape index (κ2) is 7.19. The SMILES string of the molecule is CCCN(CCC)CCS(=O)(=O)N(C)C. The summed E-state index contributed by atoms with van der Waals surface area (Å²) < 4.78 is 24.4. The molecule has 0 atom stereocenters. The van der Waals surface area contributed by atoms with Gasteiger partial charge in [-0.1, -0.05) is 13.8 Å². The van der Waals surface area contributed by atoms with Crippen molar-refractivity contribution in [2.24, 2.45) is 0 Å². The number of sulfonamides is 1. The highest BCUT2D eigenvalue weighted by atomic mass is 32.2. The first-order valence-electron chi connectivity index (χ1n) is 5.56. The second-order valence-electron chi connectivity index (χ2n) is 3.94. The highest BCUT2D eigenvalue weighted by Gasteiger charge is 2.15. The zero-order valence-corrected chi connectivity index (χ0v) is 11.2. The summed E-state index contributed by atoms with van der Waals surface area (Å²) in [6, 6.07) is 0. The zero-order valence-electron chi connectivity index (χ0n) is 10.4. The summed E-state index contributed by atoms with van der Waals surface area (Å²) >= 11 is 0. The Hall–Kier alpha value is -0.130. The molecule has 0 aliphatic rings. The standard InChI is InChI=1S/C10H24N2O2S/c1-5-7-12(8-6-2)9-10-15(13,14)11(3)4/h5-10H2,1-4H3. The topological polar surface area (TPSA) is 40.6 Å². The van der Waals surface area contributed by atoms with Crippen molar-refractivity contribution in [3.8, 4) is 0 Å². The fourth-order valence-corrected chi connectivity index (χ4v) is 2.25. The van der Waals surface area contributed by atoms with Crippen LogP contribution in [0.15, 0.2) is 0 Å². The van der Waals surface area contributed by atoms with Gasteiger partial charge in [0.2, 0.25) is 10.0 Å². The summed E-state index contributed by atoms with van der Waals surface area (Å²) in [5.41, 5.74) is 0. The normalized spacial score (nSPS) is 12.7. The first kappa shape index (κ1) is 14.9. The van der Waals surface area contributed by atoms with Gasteiger partial charge in [-0.2, -0.15) is 0 Å². The molecule has 0 bridgehead atoms. The number of nitrogens with zero attached hydrogens (tertiary/aromatic N) is 2. The fraction of sp³-hybridized carbons (Fsp3) is 1.00. The zero-order chi connectivity index (χ0) is 11.9. The van der Waals surface area contributed by atoms with Crippen molar-refractivity contribution in [1.29, 1.82) is 0 Å². The summed E-state index contributed by atoms with van der Waals surface area (Å²) in [6.07, 6.45) is 2.14. The van der Waals surface area contributed by atoms with Gasteiger partial charge in [0.05, 0.1) is 5.75 Å². The second-order valence-corrected chi connectivity index (χ2v) is 6.24. The van der Waals surface area contributed by atoms with E-state index < -0.39 is 10.0 Å². The summed E-state index contributed by atoms with van der Waals surface area (Å²) in [4.78, 5) is 2.21. The van der Waals surface area contributed by atoms with Crippen LogP contribution in [0.5, 0.6) is 0 Å². The maximum atomic E-state index is 11.5. The number of hydrogen-bond donors (Lipinski definition) is 0. The maximum absolute atomic E-state index is 11.5. The van der Waals surface area contributed by atoms with Gasteiger partial charge in [0, 0.05) is 20.6 Å². The van der Waals surface area contributed by atoms with Gasteiger partial charge in [-0.3, -0.25) is 0 Å². The highest BCUT2D eigenvalue weighted by Crippen LogP contribution is 1.99. The molecule has 0 amide bonds. The van der Waals surface area contributed by atoms with Crippen molar-refractivity contribution >= 4 is 10.0 Å². The minimum atomic E-state index is -3.04. The van der Waals surface area contributed by atoms with Crippen LogP contribution in [0, 0.1) is 0 Å². The predicted molar refractivity (Wildman–Crippen MR) is 64.5 cm³/mol. The van der Waals surface area contributed by atoms with E-state index in [0.29, 0.717) is 6.54 Å². The Morgan fingerprint density at radius 3 is 1.73 bits per heavy atom. The molecule has 0 saturated heterocycles. The Bertz CT molecular complexity index is 244. The van der Waals surface area contributed by atoms with Crippen LogP contribution in [0.2, 0.25) is 0 Å². The molecule has 0 heterocycles. The number of hydrogen-bond acceptors (Lipinski definition) is 3. The Balaban J connectivity index is 4.09. The van der Waals surface area contributed by atoms with Crippen LogP contribution in [-0.2, 0) is 10.0 Å². The Labute approximate surface area is 94.3 Å². The Morgan fingerprint density at radius 1 is 0.933 bits per heavy atom. The van der Waals surface area contributed by atoms with E-state index in [2.05, 4.69) is 18.7 Å². The van der Waals surface area contributed by atoms with Crippen molar-refractivity contribution in [2.75, 3.05) is 39.5 Å². The quantitative estimate of drug-likeness (QED) is 0.631. The predicted octanol–water partition coefficient (Wildman–Crippen LogP) is 1.000. The summed E-state index contributed by atoms with van der Waals surface area (Å²) in [7, 11) is 0.127. The fourth-order valence-electron chi connectivity index (χ4n) is 1.39. The molecule has 5 heteroatoms. The van der Waals surface area contributed by atoms with Crippen LogP contribution >= 0.6 is 0 Å². The van der Waals surface area contributed by atoms with Gasteiger partial charge in [-0.25, -0.2) is 12.7 Å². The van der Waals surface area contributed by atoms with E-state index in [-0.39, 0.29) is 5.75 Å². The highest BCUT2D eigenvalue weighted by molar-refractivity contribution is 7.89. The van der Waals surface area contributed by atoms with E-state index in [4.69, 9.17) is 0 Å². The van der Waals surface area contributed by atoms with E-state index in [0.717, 1.165) is 25.9 Å². The lowest BCUT2D eigenvalue weighted by atomic mass is 10.3. The molecule has 92 valence electrons. The van der Waals surface area contributed by atoms with Crippen LogP contribution in [0.3, 0.4) is 0 Å². The van der Waals surface area contributed by atoms with Crippen molar-refractivity contribution in [1.82, 2.24) is 9.21 Å². The van der Waals surface area contributed by atoms with E-state index in [1.807, 2.05) is 0 Å². The molecule has 0 aliphatic carbocycles. The lowest BCUT2D eigenvalue weighted by Crippen LogP contribution is -2.35. The summed E-state index contributed by atoms with van der Waals surface area (Å²) in [5, 5.41) is 0. The molecule has 0 aliphatic heterocycles. The third kappa shape index (κ3) is 6.12.